The minimum absolute atomic E-state index is 0.222. The van der Waals surface area contributed by atoms with Gasteiger partial charge < -0.3 is 9.94 Å². The molecule has 0 saturated carbocycles. The van der Waals surface area contributed by atoms with Crippen LogP contribution in [0.3, 0.4) is 0 Å². The zero-order valence-corrected chi connectivity index (χ0v) is 7.97. The fraction of sp³-hybridized carbons (Fsp3) is 0.300. The smallest absolute Gasteiger partial charge is 0.117 e. The van der Waals surface area contributed by atoms with Gasteiger partial charge in [-0.05, 0) is 18.6 Å². The first kappa shape index (κ1) is 8.87. The number of aromatic hydroxyl groups is 1. The number of phenols is 1. The van der Waals surface area contributed by atoms with E-state index in [1.165, 1.54) is 4.85 Å². The molecule has 0 spiro atoms. The summed E-state index contributed by atoms with van der Waals surface area (Å²) in [5, 5.41) is 14.3. The summed E-state index contributed by atoms with van der Waals surface area (Å²) in [7, 11) is 0. The van der Waals surface area contributed by atoms with E-state index in [9.17, 15) is 5.11 Å². The van der Waals surface area contributed by atoms with Crippen LogP contribution in [0.5, 0.6) is 5.75 Å². The van der Waals surface area contributed by atoms with Gasteiger partial charge in [-0.2, -0.15) is 0 Å². The molecule has 4 nitrogen and oxygen atoms in total. The molecular weight excluding hydrogens is 180 g/mol. The molecule has 2 rings (SSSR count). The standard InChI is InChI=1S/C10H12N2O2/c1-2-5-14-12-10-6-9(13)4-3-8(10)7-11-12/h3-4,6-7,13H,2,5H2,1H3. The van der Waals surface area contributed by atoms with Crippen LogP contribution in [-0.2, 0) is 0 Å². The van der Waals surface area contributed by atoms with Gasteiger partial charge in [-0.3, -0.25) is 0 Å². The van der Waals surface area contributed by atoms with Crippen LogP contribution >= 0.6 is 0 Å². The Morgan fingerprint density at radius 2 is 2.36 bits per heavy atom. The van der Waals surface area contributed by atoms with Gasteiger partial charge in [0.15, 0.2) is 0 Å². The normalized spacial score (nSPS) is 10.6. The third kappa shape index (κ3) is 1.51. The van der Waals surface area contributed by atoms with Gasteiger partial charge in [0.1, 0.15) is 17.9 Å². The summed E-state index contributed by atoms with van der Waals surface area (Å²) in [5.74, 6) is 0.222. The largest absolute Gasteiger partial charge is 0.508 e. The average molecular weight is 192 g/mol. The molecule has 0 bridgehead atoms. The van der Waals surface area contributed by atoms with Crippen LogP contribution in [0.4, 0.5) is 0 Å². The van der Waals surface area contributed by atoms with Crippen molar-refractivity contribution in [3.63, 3.8) is 0 Å². The molecular formula is C10H12N2O2. The maximum atomic E-state index is 9.30. The molecule has 1 aromatic carbocycles. The van der Waals surface area contributed by atoms with Crippen LogP contribution in [0.1, 0.15) is 13.3 Å². The van der Waals surface area contributed by atoms with Gasteiger partial charge in [-0.1, -0.05) is 11.8 Å². The van der Waals surface area contributed by atoms with Gasteiger partial charge >= 0.3 is 0 Å². The Bertz CT molecular complexity index is 437. The van der Waals surface area contributed by atoms with Crippen LogP contribution in [0, 0.1) is 0 Å². The molecule has 1 heterocycles. The van der Waals surface area contributed by atoms with E-state index >= 15 is 0 Å². The molecule has 0 unspecified atom stereocenters. The lowest BCUT2D eigenvalue weighted by Crippen LogP contribution is -2.13. The lowest BCUT2D eigenvalue weighted by Gasteiger charge is -2.04. The first-order chi connectivity index (χ1) is 6.81. The summed E-state index contributed by atoms with van der Waals surface area (Å²) in [6, 6.07) is 5.08. The number of hydrogen-bond donors (Lipinski definition) is 1. The summed E-state index contributed by atoms with van der Waals surface area (Å²) in [6.07, 6.45) is 2.64. The molecule has 0 fully saturated rings. The van der Waals surface area contributed by atoms with Crippen LogP contribution in [0.2, 0.25) is 0 Å². The van der Waals surface area contributed by atoms with Crippen LogP contribution in [0.25, 0.3) is 10.9 Å². The molecule has 0 amide bonds. The predicted molar refractivity (Wildman–Crippen MR) is 53.1 cm³/mol. The summed E-state index contributed by atoms with van der Waals surface area (Å²) in [5.41, 5.74) is 0.790. The molecule has 74 valence electrons. The van der Waals surface area contributed by atoms with Gasteiger partial charge in [0.25, 0.3) is 0 Å². The van der Waals surface area contributed by atoms with Crippen molar-refractivity contribution in [2.45, 2.75) is 13.3 Å². The van der Waals surface area contributed by atoms with Crippen molar-refractivity contribution in [3.05, 3.63) is 24.4 Å². The molecule has 0 aliphatic carbocycles. The first-order valence-corrected chi connectivity index (χ1v) is 4.61. The maximum Gasteiger partial charge on any atom is 0.117 e. The molecule has 0 aliphatic rings. The van der Waals surface area contributed by atoms with Gasteiger partial charge in [0, 0.05) is 11.5 Å². The van der Waals surface area contributed by atoms with E-state index in [0.717, 1.165) is 17.3 Å². The number of fused-ring (bicyclic) bond motifs is 1. The van der Waals surface area contributed by atoms with E-state index in [1.807, 2.05) is 13.0 Å². The minimum atomic E-state index is 0.222. The Morgan fingerprint density at radius 3 is 3.14 bits per heavy atom. The number of hydrogen-bond acceptors (Lipinski definition) is 3. The Kier molecular flexibility index (Phi) is 2.26. The van der Waals surface area contributed by atoms with Crippen molar-refractivity contribution in [1.82, 2.24) is 9.94 Å². The third-order valence-electron chi connectivity index (χ3n) is 1.94. The molecule has 14 heavy (non-hydrogen) atoms. The van der Waals surface area contributed by atoms with Crippen LogP contribution in [-0.4, -0.2) is 21.7 Å². The molecule has 0 atom stereocenters. The van der Waals surface area contributed by atoms with Crippen molar-refractivity contribution in [2.24, 2.45) is 0 Å². The average Bonchev–Trinajstić information content (AvgIpc) is 2.57. The second-order valence-electron chi connectivity index (χ2n) is 3.09. The summed E-state index contributed by atoms with van der Waals surface area (Å²) < 4.78 is 0. The Morgan fingerprint density at radius 1 is 1.50 bits per heavy atom. The Labute approximate surface area is 81.7 Å². The highest BCUT2D eigenvalue weighted by Gasteiger charge is 2.03. The van der Waals surface area contributed by atoms with Crippen molar-refractivity contribution in [3.8, 4) is 5.75 Å². The maximum absolute atomic E-state index is 9.30. The number of aromatic nitrogens is 2. The van der Waals surface area contributed by atoms with Gasteiger partial charge in [0.2, 0.25) is 0 Å². The minimum Gasteiger partial charge on any atom is -0.508 e. The fourth-order valence-corrected chi connectivity index (χ4v) is 1.26. The summed E-state index contributed by atoms with van der Waals surface area (Å²) >= 11 is 0. The lowest BCUT2D eigenvalue weighted by molar-refractivity contribution is 0.0923. The van der Waals surface area contributed by atoms with E-state index in [1.54, 1.807) is 18.3 Å². The van der Waals surface area contributed by atoms with Crippen molar-refractivity contribution >= 4 is 10.9 Å². The molecule has 0 saturated heterocycles. The summed E-state index contributed by atoms with van der Waals surface area (Å²) in [4.78, 5) is 6.80. The van der Waals surface area contributed by atoms with Crippen LogP contribution < -0.4 is 4.84 Å². The number of rotatable bonds is 3. The topological polar surface area (TPSA) is 47.3 Å². The number of benzene rings is 1. The SMILES string of the molecule is CCCOn1ncc2ccc(O)cc21. The highest BCUT2D eigenvalue weighted by Crippen LogP contribution is 2.18. The Balaban J connectivity index is 2.40. The van der Waals surface area contributed by atoms with Crippen molar-refractivity contribution in [2.75, 3.05) is 6.61 Å². The second-order valence-corrected chi connectivity index (χ2v) is 3.09. The fourth-order valence-electron chi connectivity index (χ4n) is 1.26. The third-order valence-corrected chi connectivity index (χ3v) is 1.94. The monoisotopic (exact) mass is 192 g/mol. The second kappa shape index (κ2) is 3.57. The zero-order valence-electron chi connectivity index (χ0n) is 7.97. The molecule has 4 heteroatoms. The number of nitrogens with zero attached hydrogens (tertiary/aromatic N) is 2. The lowest BCUT2D eigenvalue weighted by atomic mass is 10.2. The predicted octanol–water partition coefficient (Wildman–Crippen LogP) is 1.58. The van der Waals surface area contributed by atoms with E-state index in [-0.39, 0.29) is 5.75 Å². The zero-order chi connectivity index (χ0) is 9.97. The van der Waals surface area contributed by atoms with Gasteiger partial charge in [-0.25, -0.2) is 0 Å². The van der Waals surface area contributed by atoms with E-state index in [4.69, 9.17) is 4.84 Å². The Hall–Kier alpha value is -1.71. The summed E-state index contributed by atoms with van der Waals surface area (Å²) in [6.45, 7) is 2.65. The van der Waals surface area contributed by atoms with E-state index in [0.29, 0.717) is 6.61 Å². The van der Waals surface area contributed by atoms with Gasteiger partial charge in [-0.15, -0.1) is 5.10 Å². The first-order valence-electron chi connectivity index (χ1n) is 4.61. The van der Waals surface area contributed by atoms with Crippen LogP contribution in [0.15, 0.2) is 24.4 Å². The molecule has 1 N–H and O–H groups in total. The van der Waals surface area contributed by atoms with Crippen molar-refractivity contribution in [1.29, 1.82) is 0 Å². The highest BCUT2D eigenvalue weighted by atomic mass is 16.7. The number of phenolic OH excluding ortho intramolecular Hbond substituents is 1. The van der Waals surface area contributed by atoms with E-state index < -0.39 is 0 Å². The quantitative estimate of drug-likeness (QED) is 0.803. The molecule has 0 radical (unpaired) electrons. The van der Waals surface area contributed by atoms with E-state index in [2.05, 4.69) is 5.10 Å². The highest BCUT2D eigenvalue weighted by molar-refractivity contribution is 5.79. The van der Waals surface area contributed by atoms with Crippen molar-refractivity contribution < 1.29 is 9.94 Å². The molecule has 1 aromatic heterocycles. The van der Waals surface area contributed by atoms with Gasteiger partial charge in [0.05, 0.1) is 6.20 Å². The molecule has 0 aliphatic heterocycles. The molecule has 2 aromatic rings.